The summed E-state index contributed by atoms with van der Waals surface area (Å²) in [6.07, 6.45) is 0. The first-order valence-electron chi connectivity index (χ1n) is 5.35. The van der Waals surface area contributed by atoms with Crippen LogP contribution in [-0.2, 0) is 5.75 Å². The minimum atomic E-state index is 0.739. The molecule has 0 spiro atoms. The van der Waals surface area contributed by atoms with Crippen LogP contribution >= 0.6 is 23.3 Å². The molecule has 0 saturated heterocycles. The van der Waals surface area contributed by atoms with Gasteiger partial charge in [0, 0.05) is 28.2 Å². The summed E-state index contributed by atoms with van der Waals surface area (Å²) in [5.74, 6) is 6.13. The highest BCUT2D eigenvalue weighted by Crippen LogP contribution is 2.28. The van der Waals surface area contributed by atoms with Crippen LogP contribution in [0.4, 0.5) is 5.00 Å². The smallest absolute Gasteiger partial charge is 0.148 e. The topological polar surface area (TPSA) is 79.6 Å². The molecule has 2 aromatic heterocycles. The highest BCUT2D eigenvalue weighted by molar-refractivity contribution is 7.98. The van der Waals surface area contributed by atoms with Crippen molar-refractivity contribution in [3.63, 3.8) is 0 Å². The van der Waals surface area contributed by atoms with Crippen LogP contribution in [0.3, 0.4) is 0 Å². The lowest BCUT2D eigenvalue weighted by molar-refractivity contribution is 1.07. The van der Waals surface area contributed by atoms with Crippen molar-refractivity contribution in [2.45, 2.75) is 10.8 Å². The van der Waals surface area contributed by atoms with Gasteiger partial charge in [-0.3, -0.25) is 0 Å². The maximum Gasteiger partial charge on any atom is 0.148 e. The van der Waals surface area contributed by atoms with Gasteiger partial charge in [0.15, 0.2) is 0 Å². The number of nitrogens with zero attached hydrogens (tertiary/aromatic N) is 2. The lowest BCUT2D eigenvalue weighted by atomic mass is 10.3. The molecule has 2 heterocycles. The Morgan fingerprint density at radius 3 is 3.11 bits per heavy atom. The highest BCUT2D eigenvalue weighted by atomic mass is 32.2. The van der Waals surface area contributed by atoms with E-state index in [1.165, 1.54) is 16.9 Å². The molecule has 0 bridgehead atoms. The Hall–Kier alpha value is -1.57. The summed E-state index contributed by atoms with van der Waals surface area (Å²) >= 11 is 2.96. The molecule has 5 nitrogen and oxygen atoms in total. The molecule has 0 fully saturated rings. The minimum Gasteiger partial charge on any atom is -0.350 e. The van der Waals surface area contributed by atoms with Gasteiger partial charge in [0.25, 0.3) is 0 Å². The summed E-state index contributed by atoms with van der Waals surface area (Å²) in [5.41, 5.74) is 4.64. The van der Waals surface area contributed by atoms with Gasteiger partial charge in [0.2, 0.25) is 0 Å². The number of H-pyrrole nitrogens is 1. The van der Waals surface area contributed by atoms with Gasteiger partial charge in [-0.2, -0.15) is 0 Å². The van der Waals surface area contributed by atoms with Crippen molar-refractivity contribution in [3.8, 4) is 0 Å². The van der Waals surface area contributed by atoms with Crippen molar-refractivity contribution in [3.05, 3.63) is 36.0 Å². The lowest BCUT2D eigenvalue weighted by Gasteiger charge is -1.98. The monoisotopic (exact) mass is 277 g/mol. The molecule has 0 aliphatic heterocycles. The zero-order chi connectivity index (χ0) is 12.4. The first-order valence-corrected chi connectivity index (χ1v) is 7.11. The van der Waals surface area contributed by atoms with E-state index in [1.54, 1.807) is 11.8 Å². The Morgan fingerprint density at radius 2 is 2.28 bits per heavy atom. The van der Waals surface area contributed by atoms with Crippen molar-refractivity contribution in [1.82, 2.24) is 14.6 Å². The SMILES string of the molecule is NNc1snnc1CSc1cc2ccccc2[nH]1. The van der Waals surface area contributed by atoms with Gasteiger partial charge in [-0.05, 0) is 12.1 Å². The molecule has 7 heteroatoms. The number of aromatic nitrogens is 3. The van der Waals surface area contributed by atoms with Crippen LogP contribution in [0.15, 0.2) is 35.4 Å². The molecule has 1 aromatic carbocycles. The number of para-hydroxylation sites is 1. The standard InChI is InChI=1S/C11H11N5S2/c12-14-11-9(15-16-18-11)6-17-10-5-7-3-1-2-4-8(7)13-10/h1-5,13-14H,6,12H2. The lowest BCUT2D eigenvalue weighted by Crippen LogP contribution is -2.06. The molecule has 0 aliphatic carbocycles. The van der Waals surface area contributed by atoms with E-state index >= 15 is 0 Å². The summed E-state index contributed by atoms with van der Waals surface area (Å²) in [7, 11) is 0. The molecule has 0 radical (unpaired) electrons. The van der Waals surface area contributed by atoms with E-state index in [0.29, 0.717) is 0 Å². The number of thioether (sulfide) groups is 1. The second-order valence-electron chi connectivity index (χ2n) is 3.70. The number of benzene rings is 1. The molecule has 0 aliphatic rings. The average molecular weight is 277 g/mol. The van der Waals surface area contributed by atoms with E-state index in [0.717, 1.165) is 27.0 Å². The van der Waals surface area contributed by atoms with Crippen molar-refractivity contribution in [2.75, 3.05) is 5.43 Å². The number of hydrazine groups is 1. The Labute approximate surface area is 112 Å². The number of aromatic amines is 1. The fraction of sp³-hybridized carbons (Fsp3) is 0.0909. The summed E-state index contributed by atoms with van der Waals surface area (Å²) in [6, 6.07) is 10.3. The second kappa shape index (κ2) is 4.97. The number of nitrogen functional groups attached to an aromatic ring is 1. The average Bonchev–Trinajstić information content (AvgIpc) is 3.01. The molecule has 92 valence electrons. The van der Waals surface area contributed by atoms with Gasteiger partial charge in [0.05, 0.1) is 5.03 Å². The minimum absolute atomic E-state index is 0.739. The third kappa shape index (κ3) is 2.20. The van der Waals surface area contributed by atoms with E-state index < -0.39 is 0 Å². The fourth-order valence-electron chi connectivity index (χ4n) is 1.68. The van der Waals surface area contributed by atoms with Gasteiger partial charge in [0.1, 0.15) is 10.7 Å². The molecular formula is C11H11N5S2. The highest BCUT2D eigenvalue weighted by Gasteiger charge is 2.08. The number of hydrogen-bond donors (Lipinski definition) is 3. The predicted octanol–water partition coefficient (Wildman–Crippen LogP) is 2.60. The number of nitrogens with two attached hydrogens (primary N) is 1. The summed E-state index contributed by atoms with van der Waals surface area (Å²) in [4.78, 5) is 3.36. The zero-order valence-corrected chi connectivity index (χ0v) is 11.0. The Bertz CT molecular complexity index is 627. The second-order valence-corrected chi connectivity index (χ2v) is 5.47. The fourth-order valence-corrected chi connectivity index (χ4v) is 3.15. The van der Waals surface area contributed by atoms with E-state index in [9.17, 15) is 0 Å². The van der Waals surface area contributed by atoms with E-state index in [4.69, 9.17) is 5.84 Å². The summed E-state index contributed by atoms with van der Waals surface area (Å²) < 4.78 is 3.87. The van der Waals surface area contributed by atoms with Gasteiger partial charge >= 0.3 is 0 Å². The van der Waals surface area contributed by atoms with Crippen LogP contribution < -0.4 is 11.3 Å². The van der Waals surface area contributed by atoms with E-state index in [2.05, 4.69) is 38.2 Å². The van der Waals surface area contributed by atoms with Crippen molar-refractivity contribution >= 4 is 39.2 Å². The molecule has 18 heavy (non-hydrogen) atoms. The Kier molecular flexibility index (Phi) is 3.18. The van der Waals surface area contributed by atoms with Crippen LogP contribution in [0.2, 0.25) is 0 Å². The van der Waals surface area contributed by atoms with Crippen molar-refractivity contribution in [2.24, 2.45) is 5.84 Å². The largest absolute Gasteiger partial charge is 0.350 e. The van der Waals surface area contributed by atoms with Crippen LogP contribution in [0.1, 0.15) is 5.69 Å². The van der Waals surface area contributed by atoms with Crippen molar-refractivity contribution < 1.29 is 0 Å². The predicted molar refractivity (Wildman–Crippen MR) is 75.6 cm³/mol. The van der Waals surface area contributed by atoms with Crippen LogP contribution in [0, 0.1) is 0 Å². The number of rotatable bonds is 4. The molecule has 4 N–H and O–H groups in total. The first kappa shape index (κ1) is 11.5. The molecule has 0 amide bonds. The molecule has 0 saturated carbocycles. The third-order valence-electron chi connectivity index (χ3n) is 2.56. The zero-order valence-electron chi connectivity index (χ0n) is 9.38. The number of fused-ring (bicyclic) bond motifs is 1. The number of hydrogen-bond acceptors (Lipinski definition) is 6. The van der Waals surface area contributed by atoms with Gasteiger partial charge in [-0.1, -0.05) is 22.7 Å². The van der Waals surface area contributed by atoms with Crippen LogP contribution in [0.5, 0.6) is 0 Å². The molecule has 3 rings (SSSR count). The Balaban J connectivity index is 1.77. The molecule has 3 aromatic rings. The molecule has 0 unspecified atom stereocenters. The molecular weight excluding hydrogens is 266 g/mol. The maximum atomic E-state index is 5.39. The van der Waals surface area contributed by atoms with Gasteiger partial charge < -0.3 is 10.4 Å². The van der Waals surface area contributed by atoms with Gasteiger partial charge in [-0.25, -0.2) is 5.84 Å². The third-order valence-corrected chi connectivity index (χ3v) is 4.20. The number of anilines is 1. The maximum absolute atomic E-state index is 5.39. The summed E-state index contributed by atoms with van der Waals surface area (Å²) in [5, 5.41) is 7.20. The van der Waals surface area contributed by atoms with Crippen LogP contribution in [0.25, 0.3) is 10.9 Å². The van der Waals surface area contributed by atoms with E-state index in [-0.39, 0.29) is 0 Å². The number of nitrogens with one attached hydrogen (secondary N) is 2. The van der Waals surface area contributed by atoms with Crippen LogP contribution in [-0.4, -0.2) is 14.6 Å². The van der Waals surface area contributed by atoms with E-state index in [1.807, 2.05) is 12.1 Å². The summed E-state index contributed by atoms with van der Waals surface area (Å²) in [6.45, 7) is 0. The first-order chi connectivity index (χ1) is 8.86. The molecule has 0 atom stereocenters. The van der Waals surface area contributed by atoms with Gasteiger partial charge in [-0.15, -0.1) is 16.9 Å². The Morgan fingerprint density at radius 1 is 1.39 bits per heavy atom. The normalized spacial score (nSPS) is 10.9. The van der Waals surface area contributed by atoms with Crippen molar-refractivity contribution in [1.29, 1.82) is 0 Å². The quantitative estimate of drug-likeness (QED) is 0.388.